The third-order valence-electron chi connectivity index (χ3n) is 3.97. The predicted molar refractivity (Wildman–Crippen MR) is 71.8 cm³/mol. The highest BCUT2D eigenvalue weighted by molar-refractivity contribution is 5.24. The summed E-state index contributed by atoms with van der Waals surface area (Å²) in [6, 6.07) is 4.49. The van der Waals surface area contributed by atoms with Gasteiger partial charge in [0, 0.05) is 17.4 Å². The van der Waals surface area contributed by atoms with Crippen molar-refractivity contribution in [1.82, 2.24) is 4.98 Å². The first kappa shape index (κ1) is 12.6. The summed E-state index contributed by atoms with van der Waals surface area (Å²) in [7, 11) is 0. The Balaban J connectivity index is 2.15. The van der Waals surface area contributed by atoms with E-state index in [0.717, 1.165) is 17.3 Å². The number of pyridine rings is 1. The Morgan fingerprint density at radius 3 is 2.47 bits per heavy atom. The molecular formula is C15H24N2. The summed E-state index contributed by atoms with van der Waals surface area (Å²) in [5.74, 6) is 1.49. The summed E-state index contributed by atoms with van der Waals surface area (Å²) < 4.78 is 0. The summed E-state index contributed by atoms with van der Waals surface area (Å²) >= 11 is 0. The molecule has 0 bridgehead atoms. The van der Waals surface area contributed by atoms with Crippen LogP contribution in [-0.4, -0.2) is 4.98 Å². The zero-order valence-corrected chi connectivity index (χ0v) is 11.2. The van der Waals surface area contributed by atoms with Gasteiger partial charge in [0.25, 0.3) is 0 Å². The van der Waals surface area contributed by atoms with Crippen molar-refractivity contribution in [1.29, 1.82) is 0 Å². The Labute approximate surface area is 105 Å². The van der Waals surface area contributed by atoms with Gasteiger partial charge in [-0.3, -0.25) is 4.98 Å². The fraction of sp³-hybridized carbons (Fsp3) is 0.667. The van der Waals surface area contributed by atoms with E-state index in [-0.39, 0.29) is 6.04 Å². The van der Waals surface area contributed by atoms with Crippen molar-refractivity contribution in [2.45, 2.75) is 52.5 Å². The zero-order chi connectivity index (χ0) is 12.4. The largest absolute Gasteiger partial charge is 0.324 e. The van der Waals surface area contributed by atoms with Gasteiger partial charge >= 0.3 is 0 Å². The van der Waals surface area contributed by atoms with Crippen molar-refractivity contribution in [3.8, 4) is 0 Å². The van der Waals surface area contributed by atoms with Crippen molar-refractivity contribution in [2.24, 2.45) is 17.6 Å². The van der Waals surface area contributed by atoms with Crippen molar-refractivity contribution in [2.75, 3.05) is 0 Å². The summed E-state index contributed by atoms with van der Waals surface area (Å²) in [6.07, 6.45) is 5.27. The Bertz CT molecular complexity index is 366. The van der Waals surface area contributed by atoms with Gasteiger partial charge in [0.05, 0.1) is 0 Å². The van der Waals surface area contributed by atoms with Crippen LogP contribution in [0.5, 0.6) is 0 Å². The van der Waals surface area contributed by atoms with E-state index in [4.69, 9.17) is 5.73 Å². The van der Waals surface area contributed by atoms with Crippen LogP contribution in [-0.2, 0) is 0 Å². The van der Waals surface area contributed by atoms with Gasteiger partial charge in [0.2, 0.25) is 0 Å². The highest BCUT2D eigenvalue weighted by atomic mass is 14.7. The Hall–Kier alpha value is -0.890. The second-order valence-electron chi connectivity index (χ2n) is 5.74. The van der Waals surface area contributed by atoms with Crippen LogP contribution in [0.3, 0.4) is 0 Å². The molecule has 17 heavy (non-hydrogen) atoms. The Morgan fingerprint density at radius 1 is 1.24 bits per heavy atom. The lowest BCUT2D eigenvalue weighted by atomic mass is 9.77. The number of aromatic nitrogens is 1. The molecule has 2 nitrogen and oxygen atoms in total. The molecule has 1 fully saturated rings. The highest BCUT2D eigenvalue weighted by Gasteiger charge is 2.25. The highest BCUT2D eigenvalue weighted by Crippen LogP contribution is 2.35. The average Bonchev–Trinajstić information content (AvgIpc) is 2.26. The normalized spacial score (nSPS) is 26.8. The maximum atomic E-state index is 6.44. The third kappa shape index (κ3) is 3.06. The van der Waals surface area contributed by atoms with Crippen LogP contribution in [0.2, 0.25) is 0 Å². The molecule has 3 atom stereocenters. The molecule has 0 radical (unpaired) electrons. The van der Waals surface area contributed by atoms with Crippen LogP contribution in [0.25, 0.3) is 0 Å². The zero-order valence-electron chi connectivity index (χ0n) is 11.2. The fourth-order valence-corrected chi connectivity index (χ4v) is 3.14. The quantitative estimate of drug-likeness (QED) is 0.847. The van der Waals surface area contributed by atoms with Crippen molar-refractivity contribution < 1.29 is 0 Å². The first-order valence-corrected chi connectivity index (χ1v) is 6.77. The van der Waals surface area contributed by atoms with Crippen LogP contribution < -0.4 is 5.73 Å². The minimum atomic E-state index is 0.193. The fourth-order valence-electron chi connectivity index (χ4n) is 3.14. The number of hydrogen-bond acceptors (Lipinski definition) is 2. The number of nitrogens with two attached hydrogens (primary N) is 1. The van der Waals surface area contributed by atoms with Gasteiger partial charge in [-0.1, -0.05) is 19.8 Å². The molecule has 3 unspecified atom stereocenters. The SMILES string of the molecule is Cc1cc(C(N)C2CCCC(C)C2)cc(C)n1. The van der Waals surface area contributed by atoms with E-state index in [9.17, 15) is 0 Å². The lowest BCUT2D eigenvalue weighted by Gasteiger charge is -2.31. The van der Waals surface area contributed by atoms with E-state index in [0.29, 0.717) is 5.92 Å². The second kappa shape index (κ2) is 5.18. The predicted octanol–water partition coefficient (Wildman–Crippen LogP) is 3.52. The molecule has 1 aliphatic carbocycles. The molecule has 2 N–H and O–H groups in total. The van der Waals surface area contributed by atoms with Crippen LogP contribution in [0.15, 0.2) is 12.1 Å². The third-order valence-corrected chi connectivity index (χ3v) is 3.97. The maximum Gasteiger partial charge on any atom is 0.0379 e. The molecule has 1 heterocycles. The van der Waals surface area contributed by atoms with E-state index in [1.807, 2.05) is 13.8 Å². The molecule has 0 saturated heterocycles. The molecule has 1 saturated carbocycles. The first-order chi connectivity index (χ1) is 8.06. The smallest absolute Gasteiger partial charge is 0.0379 e. The van der Waals surface area contributed by atoms with Crippen LogP contribution in [0.4, 0.5) is 0 Å². The van der Waals surface area contributed by atoms with E-state index in [1.54, 1.807) is 0 Å². The van der Waals surface area contributed by atoms with Gasteiger partial charge < -0.3 is 5.73 Å². The van der Waals surface area contributed by atoms with Gasteiger partial charge in [-0.2, -0.15) is 0 Å². The van der Waals surface area contributed by atoms with Gasteiger partial charge in [-0.25, -0.2) is 0 Å². The van der Waals surface area contributed by atoms with Gasteiger partial charge in [-0.05, 0) is 56.2 Å². The van der Waals surface area contributed by atoms with E-state index < -0.39 is 0 Å². The lowest BCUT2D eigenvalue weighted by molar-refractivity contribution is 0.248. The standard InChI is InChI=1S/C15H24N2/c1-10-5-4-6-13(7-10)15(16)14-8-11(2)17-12(3)9-14/h8-10,13,15H,4-7,16H2,1-3H3. The average molecular weight is 232 g/mol. The maximum absolute atomic E-state index is 6.44. The summed E-state index contributed by atoms with van der Waals surface area (Å²) in [4.78, 5) is 4.42. The molecule has 2 heteroatoms. The van der Waals surface area contributed by atoms with Gasteiger partial charge in [0.15, 0.2) is 0 Å². The molecular weight excluding hydrogens is 208 g/mol. The Kier molecular flexibility index (Phi) is 3.82. The van der Waals surface area contributed by atoms with Crippen molar-refractivity contribution in [3.63, 3.8) is 0 Å². The van der Waals surface area contributed by atoms with E-state index in [1.165, 1.54) is 31.2 Å². The van der Waals surface area contributed by atoms with Crippen LogP contribution in [0, 0.1) is 25.7 Å². The van der Waals surface area contributed by atoms with Crippen molar-refractivity contribution >= 4 is 0 Å². The number of nitrogens with zero attached hydrogens (tertiary/aromatic N) is 1. The minimum Gasteiger partial charge on any atom is -0.324 e. The second-order valence-corrected chi connectivity index (χ2v) is 5.74. The van der Waals surface area contributed by atoms with Crippen LogP contribution >= 0.6 is 0 Å². The number of hydrogen-bond donors (Lipinski definition) is 1. The van der Waals surface area contributed by atoms with Gasteiger partial charge in [-0.15, -0.1) is 0 Å². The molecule has 0 aliphatic heterocycles. The van der Waals surface area contributed by atoms with Crippen molar-refractivity contribution in [3.05, 3.63) is 29.1 Å². The first-order valence-electron chi connectivity index (χ1n) is 6.77. The van der Waals surface area contributed by atoms with Crippen LogP contribution in [0.1, 0.15) is 55.6 Å². The topological polar surface area (TPSA) is 38.9 Å². The summed E-state index contributed by atoms with van der Waals surface area (Å²) in [6.45, 7) is 6.45. The van der Waals surface area contributed by atoms with Gasteiger partial charge in [0.1, 0.15) is 0 Å². The molecule has 0 amide bonds. The number of aryl methyl sites for hydroxylation is 2. The van der Waals surface area contributed by atoms with E-state index in [2.05, 4.69) is 24.0 Å². The number of rotatable bonds is 2. The monoisotopic (exact) mass is 232 g/mol. The minimum absolute atomic E-state index is 0.193. The molecule has 1 aliphatic rings. The molecule has 0 aromatic carbocycles. The Morgan fingerprint density at radius 2 is 1.88 bits per heavy atom. The molecule has 94 valence electrons. The molecule has 0 spiro atoms. The molecule has 2 rings (SSSR count). The lowest BCUT2D eigenvalue weighted by Crippen LogP contribution is -2.26. The summed E-state index contributed by atoms with van der Waals surface area (Å²) in [5.41, 5.74) is 9.88. The molecule has 1 aromatic rings. The summed E-state index contributed by atoms with van der Waals surface area (Å²) in [5, 5.41) is 0. The molecule has 1 aromatic heterocycles. The van der Waals surface area contributed by atoms with E-state index >= 15 is 0 Å².